The highest BCUT2D eigenvalue weighted by molar-refractivity contribution is 6.30. The number of carbonyl (C=O) groups is 3. The Balaban J connectivity index is 1.44. The standard InChI is InChI=1S/C25H28ClNO5/c1-16-14-21(32-20-9-7-17(8-10-20)25(30)31)11-12-22(16)23(28)6-3-13-27-24(29)18-4-2-5-19(26)15-18/h2,4-5,11-12,14-15,17,20H,3,6-10,13H2,1H3,(H,27,29)(H,30,31). The molecule has 0 atom stereocenters. The Kier molecular flexibility index (Phi) is 8.28. The van der Waals surface area contributed by atoms with Crippen LogP contribution in [-0.4, -0.2) is 35.4 Å². The summed E-state index contributed by atoms with van der Waals surface area (Å²) in [4.78, 5) is 35.8. The van der Waals surface area contributed by atoms with Crippen LogP contribution in [0, 0.1) is 12.8 Å². The first-order valence-corrected chi connectivity index (χ1v) is 11.3. The summed E-state index contributed by atoms with van der Waals surface area (Å²) in [6, 6.07) is 12.2. The number of Topliss-reactive ketones (excluding diaryl/α,β-unsaturated/α-hetero) is 1. The third-order valence-corrected chi connectivity index (χ3v) is 6.01. The molecule has 0 heterocycles. The Hall–Kier alpha value is -2.86. The van der Waals surface area contributed by atoms with E-state index in [9.17, 15) is 14.4 Å². The monoisotopic (exact) mass is 457 g/mol. The van der Waals surface area contributed by atoms with Crippen LogP contribution >= 0.6 is 11.6 Å². The molecular weight excluding hydrogens is 430 g/mol. The lowest BCUT2D eigenvalue weighted by atomic mass is 9.87. The smallest absolute Gasteiger partial charge is 0.306 e. The van der Waals surface area contributed by atoms with Crippen LogP contribution in [0.15, 0.2) is 42.5 Å². The highest BCUT2D eigenvalue weighted by Gasteiger charge is 2.27. The number of hydrogen-bond acceptors (Lipinski definition) is 4. The minimum Gasteiger partial charge on any atom is -0.490 e. The summed E-state index contributed by atoms with van der Waals surface area (Å²) in [7, 11) is 0. The van der Waals surface area contributed by atoms with E-state index >= 15 is 0 Å². The molecule has 2 aromatic carbocycles. The molecule has 0 saturated heterocycles. The average Bonchev–Trinajstić information content (AvgIpc) is 2.77. The lowest BCUT2D eigenvalue weighted by Crippen LogP contribution is -2.27. The van der Waals surface area contributed by atoms with Gasteiger partial charge in [-0.15, -0.1) is 0 Å². The van der Waals surface area contributed by atoms with Gasteiger partial charge in [0.15, 0.2) is 5.78 Å². The van der Waals surface area contributed by atoms with Crippen molar-refractivity contribution in [3.8, 4) is 5.75 Å². The van der Waals surface area contributed by atoms with Gasteiger partial charge >= 0.3 is 5.97 Å². The van der Waals surface area contributed by atoms with E-state index in [1.165, 1.54) is 0 Å². The molecule has 1 aliphatic carbocycles. The number of carboxylic acids is 1. The van der Waals surface area contributed by atoms with Crippen LogP contribution in [0.25, 0.3) is 0 Å². The largest absolute Gasteiger partial charge is 0.490 e. The molecule has 1 aliphatic rings. The maximum Gasteiger partial charge on any atom is 0.306 e. The van der Waals surface area contributed by atoms with Crippen LogP contribution in [0.1, 0.15) is 64.8 Å². The van der Waals surface area contributed by atoms with Crippen molar-refractivity contribution in [2.75, 3.05) is 6.54 Å². The van der Waals surface area contributed by atoms with Crippen molar-refractivity contribution < 1.29 is 24.2 Å². The van der Waals surface area contributed by atoms with E-state index in [4.69, 9.17) is 21.4 Å². The maximum atomic E-state index is 12.6. The minimum atomic E-state index is -0.730. The molecule has 1 fully saturated rings. The number of benzene rings is 2. The number of carbonyl (C=O) groups excluding carboxylic acids is 2. The molecule has 170 valence electrons. The van der Waals surface area contributed by atoms with Crippen LogP contribution in [0.2, 0.25) is 5.02 Å². The van der Waals surface area contributed by atoms with Gasteiger partial charge in [-0.1, -0.05) is 17.7 Å². The second-order valence-corrected chi connectivity index (χ2v) is 8.64. The minimum absolute atomic E-state index is 0.00894. The van der Waals surface area contributed by atoms with Crippen molar-refractivity contribution in [3.63, 3.8) is 0 Å². The first-order chi connectivity index (χ1) is 15.3. The van der Waals surface area contributed by atoms with Crippen LogP contribution in [0.4, 0.5) is 0 Å². The molecule has 7 heteroatoms. The third kappa shape index (κ3) is 6.57. The van der Waals surface area contributed by atoms with Gasteiger partial charge in [-0.25, -0.2) is 0 Å². The van der Waals surface area contributed by atoms with E-state index < -0.39 is 5.97 Å². The number of aliphatic carboxylic acids is 1. The Morgan fingerprint density at radius 2 is 1.84 bits per heavy atom. The van der Waals surface area contributed by atoms with Gasteiger partial charge in [0.1, 0.15) is 5.75 Å². The fraction of sp³-hybridized carbons (Fsp3) is 0.400. The zero-order chi connectivity index (χ0) is 23.1. The summed E-state index contributed by atoms with van der Waals surface area (Å²) >= 11 is 5.90. The van der Waals surface area contributed by atoms with E-state index in [1.807, 2.05) is 13.0 Å². The van der Waals surface area contributed by atoms with Gasteiger partial charge in [0.2, 0.25) is 0 Å². The Bertz CT molecular complexity index is 982. The second-order valence-electron chi connectivity index (χ2n) is 8.20. The Morgan fingerprint density at radius 1 is 1.09 bits per heavy atom. The first kappa shape index (κ1) is 23.8. The fourth-order valence-electron chi connectivity index (χ4n) is 3.96. The average molecular weight is 458 g/mol. The summed E-state index contributed by atoms with van der Waals surface area (Å²) in [6.07, 6.45) is 3.57. The van der Waals surface area contributed by atoms with E-state index in [-0.39, 0.29) is 23.7 Å². The number of aryl methyl sites for hydroxylation is 1. The number of nitrogens with one attached hydrogen (secondary N) is 1. The van der Waals surface area contributed by atoms with Gasteiger partial charge in [0.25, 0.3) is 5.91 Å². The van der Waals surface area contributed by atoms with Crippen LogP contribution < -0.4 is 10.1 Å². The van der Waals surface area contributed by atoms with Gasteiger partial charge in [-0.2, -0.15) is 0 Å². The van der Waals surface area contributed by atoms with Crippen LogP contribution in [-0.2, 0) is 4.79 Å². The SMILES string of the molecule is Cc1cc(OC2CCC(C(=O)O)CC2)ccc1C(=O)CCCNC(=O)c1cccc(Cl)c1. The van der Waals surface area contributed by atoms with E-state index in [0.717, 1.165) is 18.4 Å². The zero-order valence-corrected chi connectivity index (χ0v) is 18.9. The molecule has 0 aromatic heterocycles. The predicted molar refractivity (Wildman–Crippen MR) is 123 cm³/mol. The van der Waals surface area contributed by atoms with E-state index in [2.05, 4.69) is 5.32 Å². The van der Waals surface area contributed by atoms with Crippen molar-refractivity contribution in [2.24, 2.45) is 5.92 Å². The zero-order valence-electron chi connectivity index (χ0n) is 18.1. The van der Waals surface area contributed by atoms with E-state index in [1.54, 1.807) is 36.4 Å². The van der Waals surface area contributed by atoms with Crippen LogP contribution in [0.3, 0.4) is 0 Å². The molecule has 2 aromatic rings. The highest BCUT2D eigenvalue weighted by atomic mass is 35.5. The van der Waals surface area contributed by atoms with Gasteiger partial charge in [0.05, 0.1) is 12.0 Å². The summed E-state index contributed by atoms with van der Waals surface area (Å²) in [5, 5.41) is 12.4. The molecule has 3 rings (SSSR count). The van der Waals surface area contributed by atoms with Crippen molar-refractivity contribution >= 4 is 29.3 Å². The van der Waals surface area contributed by atoms with Gasteiger partial charge in [-0.05, 0) is 81.0 Å². The number of halogens is 1. The molecule has 0 spiro atoms. The molecular formula is C25H28ClNO5. The Morgan fingerprint density at radius 3 is 2.50 bits per heavy atom. The molecule has 0 aliphatic heterocycles. The van der Waals surface area contributed by atoms with Crippen molar-refractivity contribution in [2.45, 2.75) is 51.6 Å². The molecule has 0 bridgehead atoms. The number of rotatable bonds is 9. The molecule has 0 unspecified atom stereocenters. The summed E-state index contributed by atoms with van der Waals surface area (Å²) in [5.74, 6) is -0.493. The molecule has 32 heavy (non-hydrogen) atoms. The van der Waals surface area contributed by atoms with Gasteiger partial charge in [0, 0.05) is 29.1 Å². The molecule has 6 nitrogen and oxygen atoms in total. The normalized spacial score (nSPS) is 18.1. The summed E-state index contributed by atoms with van der Waals surface area (Å²) in [6.45, 7) is 2.28. The number of ketones is 1. The number of carboxylic acid groups (broad SMARTS) is 1. The Labute approximate surface area is 192 Å². The van der Waals surface area contributed by atoms with Crippen molar-refractivity contribution in [1.82, 2.24) is 5.32 Å². The lowest BCUT2D eigenvalue weighted by Gasteiger charge is -2.27. The van der Waals surface area contributed by atoms with Crippen molar-refractivity contribution in [1.29, 1.82) is 0 Å². The molecule has 1 saturated carbocycles. The maximum absolute atomic E-state index is 12.6. The third-order valence-electron chi connectivity index (χ3n) is 5.78. The fourth-order valence-corrected chi connectivity index (χ4v) is 4.15. The van der Waals surface area contributed by atoms with Gasteiger partial charge in [-0.3, -0.25) is 14.4 Å². The van der Waals surface area contributed by atoms with Gasteiger partial charge < -0.3 is 15.2 Å². The summed E-state index contributed by atoms with van der Waals surface area (Å²) < 4.78 is 6.01. The quantitative estimate of drug-likeness (QED) is 0.405. The topological polar surface area (TPSA) is 92.7 Å². The number of ether oxygens (including phenoxy) is 1. The molecule has 2 N–H and O–H groups in total. The first-order valence-electron chi connectivity index (χ1n) is 10.9. The van der Waals surface area contributed by atoms with Crippen LogP contribution in [0.5, 0.6) is 5.75 Å². The molecule has 1 amide bonds. The van der Waals surface area contributed by atoms with E-state index in [0.29, 0.717) is 54.1 Å². The number of hydrogen-bond donors (Lipinski definition) is 2. The summed E-state index contributed by atoms with van der Waals surface area (Å²) in [5.41, 5.74) is 1.98. The molecule has 0 radical (unpaired) electrons. The van der Waals surface area contributed by atoms with Crippen molar-refractivity contribution in [3.05, 3.63) is 64.2 Å². The predicted octanol–water partition coefficient (Wildman–Crippen LogP) is 5.06. The second kappa shape index (κ2) is 11.1. The highest BCUT2D eigenvalue weighted by Crippen LogP contribution is 2.29. The lowest BCUT2D eigenvalue weighted by molar-refractivity contribution is -0.143. The number of amides is 1.